The molecular weight excluding hydrogens is 374 g/mol. The smallest absolute Gasteiger partial charge is 0.313 e. The molecule has 22 heavy (non-hydrogen) atoms. The third kappa shape index (κ3) is 4.54. The summed E-state index contributed by atoms with van der Waals surface area (Å²) in [5, 5.41) is 11.4. The van der Waals surface area contributed by atoms with Crippen molar-refractivity contribution in [1.82, 2.24) is 0 Å². The van der Waals surface area contributed by atoms with Crippen molar-refractivity contribution in [2.75, 3.05) is 0 Å². The van der Waals surface area contributed by atoms with Crippen LogP contribution in [0, 0.1) is 10.1 Å². The summed E-state index contributed by atoms with van der Waals surface area (Å²) < 4.78 is 28.9. The lowest BCUT2D eigenvalue weighted by Gasteiger charge is -2.07. The Hall–Kier alpha value is -1.93. The third-order valence-corrected chi connectivity index (χ3v) is 4.55. The van der Waals surface area contributed by atoms with E-state index in [0.717, 1.165) is 11.6 Å². The average molecular weight is 386 g/mol. The van der Waals surface area contributed by atoms with Crippen molar-refractivity contribution in [3.8, 4) is 5.75 Å². The van der Waals surface area contributed by atoms with Crippen molar-refractivity contribution in [2.24, 2.45) is 0 Å². The number of hydrogen-bond acceptors (Lipinski definition) is 5. The summed E-state index contributed by atoms with van der Waals surface area (Å²) in [4.78, 5) is 10.1. The number of rotatable bonds is 6. The van der Waals surface area contributed by atoms with Gasteiger partial charge in [0, 0.05) is 11.4 Å². The molecular formula is C14H12BrNO5S. The molecule has 0 fully saturated rings. The molecule has 0 bridgehead atoms. The molecule has 2 rings (SSSR count). The Bertz CT molecular complexity index is 774. The van der Waals surface area contributed by atoms with Crippen LogP contribution in [0.25, 0.3) is 0 Å². The van der Waals surface area contributed by atoms with Gasteiger partial charge in [0.25, 0.3) is 5.69 Å². The maximum absolute atomic E-state index is 12.0. The van der Waals surface area contributed by atoms with E-state index in [1.165, 1.54) is 18.2 Å². The maximum Gasteiger partial charge on any atom is 0.313 e. The topological polar surface area (TPSA) is 86.5 Å². The Labute approximate surface area is 136 Å². The predicted octanol–water partition coefficient (Wildman–Crippen LogP) is 3.40. The molecule has 2 aromatic carbocycles. The molecule has 2 aromatic rings. The molecule has 0 aliphatic rings. The molecule has 0 aromatic heterocycles. The first kappa shape index (κ1) is 16.4. The van der Waals surface area contributed by atoms with Crippen LogP contribution in [0.3, 0.4) is 0 Å². The van der Waals surface area contributed by atoms with Crippen LogP contribution in [0.5, 0.6) is 5.75 Å². The van der Waals surface area contributed by atoms with E-state index in [1.807, 2.05) is 12.1 Å². The Morgan fingerprint density at radius 1 is 1.09 bits per heavy atom. The van der Waals surface area contributed by atoms with Crippen molar-refractivity contribution in [3.05, 3.63) is 69.8 Å². The second-order valence-electron chi connectivity index (χ2n) is 4.49. The van der Waals surface area contributed by atoms with Crippen molar-refractivity contribution in [3.63, 3.8) is 0 Å². The number of nitro groups is 1. The number of nitrogens with zero attached hydrogens (tertiary/aromatic N) is 1. The highest BCUT2D eigenvalue weighted by Crippen LogP contribution is 2.21. The van der Waals surface area contributed by atoms with Crippen LogP contribution in [-0.2, 0) is 21.2 Å². The van der Waals surface area contributed by atoms with Crippen LogP contribution in [0.4, 0.5) is 5.69 Å². The summed E-state index contributed by atoms with van der Waals surface area (Å²) in [5.74, 6) is -0.385. The average Bonchev–Trinajstić information content (AvgIpc) is 2.47. The minimum absolute atomic E-state index is 0.0775. The molecule has 6 nitrogen and oxygen atoms in total. The van der Waals surface area contributed by atoms with E-state index in [2.05, 4.69) is 15.9 Å². The monoisotopic (exact) mass is 385 g/mol. The van der Waals surface area contributed by atoms with E-state index >= 15 is 0 Å². The summed E-state index contributed by atoms with van der Waals surface area (Å²) in [6.45, 7) is 0. The quantitative estimate of drug-likeness (QED) is 0.329. The summed E-state index contributed by atoms with van der Waals surface area (Å²) in [5.41, 5.74) is 1.38. The fourth-order valence-electron chi connectivity index (χ4n) is 1.75. The molecule has 0 aliphatic heterocycles. The lowest BCUT2D eigenvalue weighted by molar-refractivity contribution is -0.384. The molecule has 0 atom stereocenters. The van der Waals surface area contributed by atoms with Crippen LogP contribution >= 0.6 is 15.9 Å². The van der Waals surface area contributed by atoms with Gasteiger partial charge >= 0.3 is 10.1 Å². The van der Waals surface area contributed by atoms with Crippen LogP contribution in [0.2, 0.25) is 0 Å². The van der Waals surface area contributed by atoms with Crippen LogP contribution < -0.4 is 4.18 Å². The molecule has 0 radical (unpaired) electrons. The van der Waals surface area contributed by atoms with Crippen molar-refractivity contribution >= 4 is 31.7 Å². The molecule has 0 saturated carbocycles. The van der Waals surface area contributed by atoms with Crippen molar-refractivity contribution in [1.29, 1.82) is 0 Å². The van der Waals surface area contributed by atoms with Gasteiger partial charge < -0.3 is 4.18 Å². The lowest BCUT2D eigenvalue weighted by Crippen LogP contribution is -2.12. The van der Waals surface area contributed by atoms with E-state index in [1.54, 1.807) is 12.1 Å². The first-order valence-corrected chi connectivity index (χ1v) is 8.90. The summed E-state index contributed by atoms with van der Waals surface area (Å²) in [6.07, 6.45) is 0. The Kier molecular flexibility index (Phi) is 5.15. The Balaban J connectivity index is 2.13. The minimum atomic E-state index is -3.88. The first-order chi connectivity index (χ1) is 10.4. The molecule has 0 spiro atoms. The molecule has 0 heterocycles. The van der Waals surface area contributed by atoms with Crippen molar-refractivity contribution < 1.29 is 17.5 Å². The maximum atomic E-state index is 12.0. The minimum Gasteiger partial charge on any atom is -0.382 e. The number of benzene rings is 2. The van der Waals surface area contributed by atoms with E-state index in [-0.39, 0.29) is 17.2 Å². The second-order valence-corrected chi connectivity index (χ2v) is 6.62. The van der Waals surface area contributed by atoms with Crippen LogP contribution in [-0.4, -0.2) is 13.3 Å². The Morgan fingerprint density at radius 3 is 2.32 bits per heavy atom. The lowest BCUT2D eigenvalue weighted by atomic mass is 10.2. The number of nitro benzene ring substituents is 1. The highest BCUT2D eigenvalue weighted by molar-refractivity contribution is 9.08. The predicted molar refractivity (Wildman–Crippen MR) is 85.4 cm³/mol. The normalized spacial score (nSPS) is 11.1. The van der Waals surface area contributed by atoms with Gasteiger partial charge in [-0.15, -0.1) is 0 Å². The highest BCUT2D eigenvalue weighted by Gasteiger charge is 2.16. The van der Waals surface area contributed by atoms with Gasteiger partial charge in [-0.1, -0.05) is 46.3 Å². The zero-order valence-electron chi connectivity index (χ0n) is 11.3. The SMILES string of the molecule is O=[N+]([O-])c1cccc(OS(=O)(=O)Cc2ccc(CBr)cc2)c1. The number of non-ortho nitro benzene ring substituents is 1. The second kappa shape index (κ2) is 6.89. The number of halogens is 1. The molecule has 0 amide bonds. The van der Waals surface area contributed by atoms with Gasteiger partial charge in [0.05, 0.1) is 11.0 Å². The Morgan fingerprint density at radius 2 is 1.73 bits per heavy atom. The zero-order valence-corrected chi connectivity index (χ0v) is 13.7. The fraction of sp³-hybridized carbons (Fsp3) is 0.143. The molecule has 0 saturated heterocycles. The van der Waals surface area contributed by atoms with Crippen LogP contribution in [0.15, 0.2) is 48.5 Å². The summed E-state index contributed by atoms with van der Waals surface area (Å²) in [7, 11) is -3.88. The number of hydrogen-bond donors (Lipinski definition) is 0. The molecule has 8 heteroatoms. The molecule has 116 valence electrons. The van der Waals surface area contributed by atoms with Gasteiger partial charge in [-0.05, 0) is 17.2 Å². The summed E-state index contributed by atoms with van der Waals surface area (Å²) in [6, 6.07) is 12.1. The first-order valence-electron chi connectivity index (χ1n) is 6.20. The van der Waals surface area contributed by atoms with Gasteiger partial charge in [-0.25, -0.2) is 0 Å². The van der Waals surface area contributed by atoms with Crippen LogP contribution in [0.1, 0.15) is 11.1 Å². The standard InChI is InChI=1S/C14H12BrNO5S/c15-9-11-4-6-12(7-5-11)10-22(19,20)21-14-3-1-2-13(8-14)16(17)18/h1-8H,9-10H2. The molecule has 0 aliphatic carbocycles. The van der Waals surface area contributed by atoms with Gasteiger partial charge in [-0.2, -0.15) is 8.42 Å². The van der Waals surface area contributed by atoms with Gasteiger partial charge in [-0.3, -0.25) is 10.1 Å². The summed E-state index contributed by atoms with van der Waals surface area (Å²) >= 11 is 3.31. The van der Waals surface area contributed by atoms with E-state index in [4.69, 9.17) is 4.18 Å². The molecule has 0 unspecified atom stereocenters. The van der Waals surface area contributed by atoms with E-state index in [9.17, 15) is 18.5 Å². The van der Waals surface area contributed by atoms with Gasteiger partial charge in [0.15, 0.2) is 0 Å². The van der Waals surface area contributed by atoms with Gasteiger partial charge in [0.2, 0.25) is 0 Å². The van der Waals surface area contributed by atoms with E-state index in [0.29, 0.717) is 10.9 Å². The zero-order chi connectivity index (χ0) is 16.2. The highest BCUT2D eigenvalue weighted by atomic mass is 79.9. The molecule has 0 N–H and O–H groups in total. The van der Waals surface area contributed by atoms with E-state index < -0.39 is 15.0 Å². The largest absolute Gasteiger partial charge is 0.382 e. The fourth-order valence-corrected chi connectivity index (χ4v) is 3.18. The number of alkyl halides is 1. The third-order valence-electron chi connectivity index (χ3n) is 2.77. The van der Waals surface area contributed by atoms with Crippen molar-refractivity contribution in [2.45, 2.75) is 11.1 Å². The van der Waals surface area contributed by atoms with Gasteiger partial charge in [0.1, 0.15) is 11.5 Å².